The minimum Gasteiger partial charge on any atom is -0.493 e. The van der Waals surface area contributed by atoms with E-state index < -0.39 is 17.2 Å². The minimum atomic E-state index is -0.668. The lowest BCUT2D eigenvalue weighted by molar-refractivity contribution is 0.188. The van der Waals surface area contributed by atoms with Gasteiger partial charge in [-0.05, 0) is 19.8 Å². The van der Waals surface area contributed by atoms with E-state index in [0.717, 1.165) is 18.2 Å². The molecular formula is C12H17F2NO2. The molecule has 3 N–H and O–H groups in total. The molecule has 1 rings (SSSR count). The standard InChI is InChI=1S/C12H17F2NO2/c1-12(15,8-16)3-2-4-17-11-6-9(13)5-10(14)7-11/h5-7,16H,2-4,8,15H2,1H3. The third-order valence-corrected chi connectivity index (χ3v) is 2.36. The summed E-state index contributed by atoms with van der Waals surface area (Å²) in [5.41, 5.74) is 5.08. The number of benzene rings is 1. The van der Waals surface area contributed by atoms with E-state index in [2.05, 4.69) is 0 Å². The maximum Gasteiger partial charge on any atom is 0.129 e. The normalized spacial score (nSPS) is 14.4. The Kier molecular flexibility index (Phi) is 4.84. The molecule has 0 aliphatic heterocycles. The van der Waals surface area contributed by atoms with Crippen molar-refractivity contribution in [3.05, 3.63) is 29.8 Å². The predicted molar refractivity (Wildman–Crippen MR) is 60.8 cm³/mol. The summed E-state index contributed by atoms with van der Waals surface area (Å²) in [6.07, 6.45) is 1.17. The highest BCUT2D eigenvalue weighted by Crippen LogP contribution is 2.16. The lowest BCUT2D eigenvalue weighted by atomic mass is 9.99. The first kappa shape index (κ1) is 13.9. The van der Waals surface area contributed by atoms with Crippen molar-refractivity contribution in [3.8, 4) is 5.75 Å². The Hall–Kier alpha value is -1.20. The highest BCUT2D eigenvalue weighted by molar-refractivity contribution is 5.23. The van der Waals surface area contributed by atoms with Crippen LogP contribution in [0.4, 0.5) is 8.78 Å². The zero-order valence-corrected chi connectivity index (χ0v) is 9.75. The molecule has 0 bridgehead atoms. The Labute approximate surface area is 99.2 Å². The van der Waals surface area contributed by atoms with Gasteiger partial charge in [0.2, 0.25) is 0 Å². The molecule has 0 saturated carbocycles. The summed E-state index contributed by atoms with van der Waals surface area (Å²) in [6, 6.07) is 3.03. The molecular weight excluding hydrogens is 228 g/mol. The summed E-state index contributed by atoms with van der Waals surface area (Å²) in [7, 11) is 0. The van der Waals surface area contributed by atoms with E-state index in [9.17, 15) is 8.78 Å². The fraction of sp³-hybridized carbons (Fsp3) is 0.500. The van der Waals surface area contributed by atoms with Crippen LogP contribution in [0.25, 0.3) is 0 Å². The molecule has 17 heavy (non-hydrogen) atoms. The van der Waals surface area contributed by atoms with Crippen LogP contribution in [0.15, 0.2) is 18.2 Å². The number of hydrogen-bond acceptors (Lipinski definition) is 3. The van der Waals surface area contributed by atoms with Gasteiger partial charge in [0.1, 0.15) is 17.4 Å². The summed E-state index contributed by atoms with van der Waals surface area (Å²) < 4.78 is 30.8. The second-order valence-electron chi connectivity index (χ2n) is 4.37. The van der Waals surface area contributed by atoms with Gasteiger partial charge in [-0.3, -0.25) is 0 Å². The van der Waals surface area contributed by atoms with E-state index in [0.29, 0.717) is 19.4 Å². The summed E-state index contributed by atoms with van der Waals surface area (Å²) in [4.78, 5) is 0. The van der Waals surface area contributed by atoms with Gasteiger partial charge in [-0.2, -0.15) is 0 Å². The topological polar surface area (TPSA) is 55.5 Å². The Balaban J connectivity index is 2.36. The zero-order chi connectivity index (χ0) is 12.9. The summed E-state index contributed by atoms with van der Waals surface area (Å²) in [5.74, 6) is -1.18. The van der Waals surface area contributed by atoms with Gasteiger partial charge in [0.15, 0.2) is 0 Å². The molecule has 0 aliphatic carbocycles. The Morgan fingerprint density at radius 3 is 2.41 bits per heavy atom. The van der Waals surface area contributed by atoms with E-state index in [4.69, 9.17) is 15.6 Å². The molecule has 1 unspecified atom stereocenters. The van der Waals surface area contributed by atoms with E-state index in [1.807, 2.05) is 0 Å². The third-order valence-electron chi connectivity index (χ3n) is 2.36. The van der Waals surface area contributed by atoms with Crippen LogP contribution in [0.2, 0.25) is 0 Å². The first-order valence-electron chi connectivity index (χ1n) is 5.41. The smallest absolute Gasteiger partial charge is 0.129 e. The molecule has 96 valence electrons. The summed E-state index contributed by atoms with van der Waals surface area (Å²) in [5, 5.41) is 8.92. The fourth-order valence-corrected chi connectivity index (χ4v) is 1.36. The number of halogens is 2. The van der Waals surface area contributed by atoms with Crippen LogP contribution in [-0.2, 0) is 0 Å². The monoisotopic (exact) mass is 245 g/mol. The highest BCUT2D eigenvalue weighted by atomic mass is 19.1. The number of rotatable bonds is 6. The van der Waals surface area contributed by atoms with Gasteiger partial charge >= 0.3 is 0 Å². The predicted octanol–water partition coefficient (Wildman–Crippen LogP) is 1.83. The van der Waals surface area contributed by atoms with E-state index in [1.54, 1.807) is 6.92 Å². The largest absolute Gasteiger partial charge is 0.493 e. The van der Waals surface area contributed by atoms with Gasteiger partial charge < -0.3 is 15.6 Å². The van der Waals surface area contributed by atoms with Crippen molar-refractivity contribution in [2.75, 3.05) is 13.2 Å². The number of ether oxygens (including phenoxy) is 1. The van der Waals surface area contributed by atoms with Crippen molar-refractivity contribution < 1.29 is 18.6 Å². The highest BCUT2D eigenvalue weighted by Gasteiger charge is 2.16. The van der Waals surface area contributed by atoms with Crippen LogP contribution in [0.5, 0.6) is 5.75 Å². The van der Waals surface area contributed by atoms with Crippen molar-refractivity contribution in [2.24, 2.45) is 5.73 Å². The minimum absolute atomic E-state index is 0.110. The maximum absolute atomic E-state index is 12.8. The van der Waals surface area contributed by atoms with Crippen molar-refractivity contribution in [3.63, 3.8) is 0 Å². The van der Waals surface area contributed by atoms with Crippen LogP contribution >= 0.6 is 0 Å². The fourth-order valence-electron chi connectivity index (χ4n) is 1.36. The molecule has 0 amide bonds. The molecule has 3 nitrogen and oxygen atoms in total. The lowest BCUT2D eigenvalue weighted by Crippen LogP contribution is -2.40. The summed E-state index contributed by atoms with van der Waals surface area (Å²) >= 11 is 0. The third kappa shape index (κ3) is 5.10. The molecule has 0 aliphatic rings. The van der Waals surface area contributed by atoms with Crippen LogP contribution in [0, 0.1) is 11.6 Å². The average molecular weight is 245 g/mol. The van der Waals surface area contributed by atoms with Gasteiger partial charge in [-0.15, -0.1) is 0 Å². The van der Waals surface area contributed by atoms with E-state index in [1.165, 1.54) is 0 Å². The van der Waals surface area contributed by atoms with Crippen LogP contribution in [-0.4, -0.2) is 23.9 Å². The van der Waals surface area contributed by atoms with E-state index in [-0.39, 0.29) is 12.4 Å². The van der Waals surface area contributed by atoms with Crippen molar-refractivity contribution >= 4 is 0 Å². The van der Waals surface area contributed by atoms with Crippen LogP contribution < -0.4 is 10.5 Å². The molecule has 1 aromatic rings. The van der Waals surface area contributed by atoms with Gasteiger partial charge in [0.05, 0.1) is 13.2 Å². The zero-order valence-electron chi connectivity index (χ0n) is 9.75. The molecule has 0 aromatic heterocycles. The molecule has 0 spiro atoms. The van der Waals surface area contributed by atoms with Crippen molar-refractivity contribution in [1.82, 2.24) is 0 Å². The molecule has 0 fully saturated rings. The molecule has 1 atom stereocenters. The average Bonchev–Trinajstić information content (AvgIpc) is 2.23. The number of hydrogen-bond donors (Lipinski definition) is 2. The Morgan fingerprint density at radius 1 is 1.29 bits per heavy atom. The molecule has 1 aromatic carbocycles. The maximum atomic E-state index is 12.8. The van der Waals surface area contributed by atoms with Crippen LogP contribution in [0.3, 0.4) is 0 Å². The van der Waals surface area contributed by atoms with Gasteiger partial charge in [0, 0.05) is 23.7 Å². The molecule has 0 radical (unpaired) electrons. The van der Waals surface area contributed by atoms with Gasteiger partial charge in [0.25, 0.3) is 0 Å². The van der Waals surface area contributed by atoms with Gasteiger partial charge in [-0.25, -0.2) is 8.78 Å². The van der Waals surface area contributed by atoms with Gasteiger partial charge in [-0.1, -0.05) is 0 Å². The van der Waals surface area contributed by atoms with Crippen LogP contribution in [0.1, 0.15) is 19.8 Å². The molecule has 0 saturated heterocycles. The lowest BCUT2D eigenvalue weighted by Gasteiger charge is -2.21. The molecule has 0 heterocycles. The summed E-state index contributed by atoms with van der Waals surface area (Å²) in [6.45, 7) is 1.92. The van der Waals surface area contributed by atoms with Crippen molar-refractivity contribution in [1.29, 1.82) is 0 Å². The van der Waals surface area contributed by atoms with E-state index >= 15 is 0 Å². The quantitative estimate of drug-likeness (QED) is 0.752. The number of nitrogens with two attached hydrogens (primary N) is 1. The Morgan fingerprint density at radius 2 is 1.88 bits per heavy atom. The number of aliphatic hydroxyl groups is 1. The number of aliphatic hydroxyl groups excluding tert-OH is 1. The second-order valence-corrected chi connectivity index (χ2v) is 4.37. The second kappa shape index (κ2) is 5.93. The first-order valence-corrected chi connectivity index (χ1v) is 5.41. The molecule has 5 heteroatoms. The Bertz CT molecular complexity index is 349. The SMILES string of the molecule is CC(N)(CO)CCCOc1cc(F)cc(F)c1. The van der Waals surface area contributed by atoms with Crippen molar-refractivity contribution in [2.45, 2.75) is 25.3 Å². The first-order chi connectivity index (χ1) is 7.93.